The average molecular weight is 358 g/mol. The Labute approximate surface area is 152 Å². The Morgan fingerprint density at radius 1 is 1.38 bits per heavy atom. The second-order valence-corrected chi connectivity index (χ2v) is 6.85. The minimum Gasteiger partial charge on any atom is -0.352 e. The van der Waals surface area contributed by atoms with Crippen molar-refractivity contribution in [2.45, 2.75) is 39.3 Å². The molecule has 3 heterocycles. The molecular formula is C18H26N6O2. The first-order chi connectivity index (χ1) is 12.6. The number of pyridine rings is 1. The first-order valence-corrected chi connectivity index (χ1v) is 9.16. The number of amides is 1. The third-order valence-electron chi connectivity index (χ3n) is 4.80. The summed E-state index contributed by atoms with van der Waals surface area (Å²) in [4.78, 5) is 25.3. The molecule has 1 aliphatic rings. The zero-order chi connectivity index (χ0) is 18.4. The van der Waals surface area contributed by atoms with Crippen molar-refractivity contribution in [2.24, 2.45) is 5.92 Å². The predicted octanol–water partition coefficient (Wildman–Crippen LogP) is 0.568. The summed E-state index contributed by atoms with van der Waals surface area (Å²) in [7, 11) is 0. The van der Waals surface area contributed by atoms with Crippen LogP contribution in [0.15, 0.2) is 29.7 Å². The van der Waals surface area contributed by atoms with E-state index in [1.165, 1.54) is 0 Å². The van der Waals surface area contributed by atoms with Gasteiger partial charge in [0.25, 0.3) is 11.5 Å². The van der Waals surface area contributed by atoms with Gasteiger partial charge in [0.2, 0.25) is 0 Å². The largest absolute Gasteiger partial charge is 0.352 e. The van der Waals surface area contributed by atoms with Crippen LogP contribution < -0.4 is 16.2 Å². The van der Waals surface area contributed by atoms with E-state index in [1.807, 2.05) is 10.6 Å². The quantitative estimate of drug-likeness (QED) is 0.706. The first kappa shape index (κ1) is 18.3. The van der Waals surface area contributed by atoms with Crippen molar-refractivity contribution in [3.05, 3.63) is 46.4 Å². The molecule has 0 bridgehead atoms. The van der Waals surface area contributed by atoms with E-state index in [2.05, 4.69) is 20.8 Å². The van der Waals surface area contributed by atoms with E-state index in [-0.39, 0.29) is 17.0 Å². The molecule has 0 aromatic carbocycles. The molecule has 0 saturated carbocycles. The summed E-state index contributed by atoms with van der Waals surface area (Å²) in [5.74, 6) is 0.135. The maximum absolute atomic E-state index is 12.8. The minimum absolute atomic E-state index is 0.202. The summed E-state index contributed by atoms with van der Waals surface area (Å²) in [6.07, 6.45) is 8.07. The molecule has 8 nitrogen and oxygen atoms in total. The second-order valence-electron chi connectivity index (χ2n) is 6.85. The molecule has 1 amide bonds. The molecule has 0 aliphatic carbocycles. The van der Waals surface area contributed by atoms with Gasteiger partial charge in [-0.1, -0.05) is 0 Å². The van der Waals surface area contributed by atoms with Crippen LogP contribution in [0, 0.1) is 12.8 Å². The fourth-order valence-corrected chi connectivity index (χ4v) is 3.33. The number of nitrogens with one attached hydrogen (secondary N) is 2. The fourth-order valence-electron chi connectivity index (χ4n) is 3.33. The smallest absolute Gasteiger partial charge is 0.263 e. The number of carbonyl (C=O) groups is 1. The monoisotopic (exact) mass is 358 g/mol. The zero-order valence-electron chi connectivity index (χ0n) is 15.1. The maximum atomic E-state index is 12.8. The number of carbonyl (C=O) groups excluding carboxylic acids is 1. The fraction of sp³-hybridized carbons (Fsp3) is 0.556. The number of aromatic nitrogens is 4. The van der Waals surface area contributed by atoms with Crippen LogP contribution in [0.3, 0.4) is 0 Å². The predicted molar refractivity (Wildman–Crippen MR) is 98.0 cm³/mol. The van der Waals surface area contributed by atoms with Gasteiger partial charge in [-0.05, 0) is 56.8 Å². The molecule has 26 heavy (non-hydrogen) atoms. The number of piperidine rings is 1. The third kappa shape index (κ3) is 4.57. The van der Waals surface area contributed by atoms with Crippen LogP contribution in [0.2, 0.25) is 0 Å². The van der Waals surface area contributed by atoms with Gasteiger partial charge in [-0.2, -0.15) is 0 Å². The van der Waals surface area contributed by atoms with Gasteiger partial charge < -0.3 is 19.8 Å². The molecule has 1 aliphatic heterocycles. The van der Waals surface area contributed by atoms with Crippen LogP contribution in [-0.2, 0) is 13.1 Å². The van der Waals surface area contributed by atoms with E-state index in [0.29, 0.717) is 24.6 Å². The van der Waals surface area contributed by atoms with E-state index in [4.69, 9.17) is 0 Å². The van der Waals surface area contributed by atoms with Crippen molar-refractivity contribution >= 4 is 5.91 Å². The van der Waals surface area contributed by atoms with Gasteiger partial charge in [0.15, 0.2) is 0 Å². The molecular weight excluding hydrogens is 332 g/mol. The van der Waals surface area contributed by atoms with Gasteiger partial charge in [0.1, 0.15) is 18.2 Å². The van der Waals surface area contributed by atoms with Crippen LogP contribution in [0.25, 0.3) is 0 Å². The van der Waals surface area contributed by atoms with E-state index in [1.54, 1.807) is 30.3 Å². The number of nitrogens with zero attached hydrogens (tertiary/aromatic N) is 4. The van der Waals surface area contributed by atoms with Crippen molar-refractivity contribution in [2.75, 3.05) is 19.6 Å². The van der Waals surface area contributed by atoms with Crippen LogP contribution in [0.4, 0.5) is 0 Å². The topological polar surface area (TPSA) is 93.8 Å². The standard InChI is InChI=1S/C18H26N6O2/c1-14-5-9-24(11-15-4-2-6-19-10-15)18(26)16(14)17(25)20-7-3-8-23-12-21-22-13-23/h5,9,12-13,15,19H,2-4,6-8,10-11H2,1H3,(H,20,25). The Hall–Kier alpha value is -2.48. The molecule has 1 unspecified atom stereocenters. The lowest BCUT2D eigenvalue weighted by Gasteiger charge is -2.23. The van der Waals surface area contributed by atoms with Crippen LogP contribution >= 0.6 is 0 Å². The summed E-state index contributed by atoms with van der Waals surface area (Å²) >= 11 is 0. The summed E-state index contributed by atoms with van der Waals surface area (Å²) < 4.78 is 3.53. The van der Waals surface area contributed by atoms with Crippen molar-refractivity contribution in [3.63, 3.8) is 0 Å². The summed E-state index contributed by atoms with van der Waals surface area (Å²) in [5, 5.41) is 13.7. The van der Waals surface area contributed by atoms with E-state index in [9.17, 15) is 9.59 Å². The molecule has 8 heteroatoms. The molecule has 1 atom stereocenters. The highest BCUT2D eigenvalue weighted by Crippen LogP contribution is 2.12. The van der Waals surface area contributed by atoms with E-state index < -0.39 is 0 Å². The van der Waals surface area contributed by atoms with Gasteiger partial charge in [0, 0.05) is 25.8 Å². The Balaban J connectivity index is 1.61. The van der Waals surface area contributed by atoms with Crippen LogP contribution in [0.5, 0.6) is 0 Å². The molecule has 2 aromatic heterocycles. The summed E-state index contributed by atoms with van der Waals surface area (Å²) in [6, 6.07) is 1.85. The van der Waals surface area contributed by atoms with E-state index >= 15 is 0 Å². The summed E-state index contributed by atoms with van der Waals surface area (Å²) in [5.41, 5.74) is 0.761. The highest BCUT2D eigenvalue weighted by Gasteiger charge is 2.18. The zero-order valence-corrected chi connectivity index (χ0v) is 15.1. The second kappa shape index (κ2) is 8.75. The number of hydrogen-bond donors (Lipinski definition) is 2. The molecule has 1 saturated heterocycles. The molecule has 0 radical (unpaired) electrons. The van der Waals surface area contributed by atoms with Crippen molar-refractivity contribution in [3.8, 4) is 0 Å². The van der Waals surface area contributed by atoms with Gasteiger partial charge in [-0.25, -0.2) is 0 Å². The normalized spacial score (nSPS) is 17.2. The highest BCUT2D eigenvalue weighted by atomic mass is 16.2. The molecule has 1 fully saturated rings. The lowest BCUT2D eigenvalue weighted by molar-refractivity contribution is 0.0949. The van der Waals surface area contributed by atoms with Crippen LogP contribution in [-0.4, -0.2) is 44.9 Å². The first-order valence-electron chi connectivity index (χ1n) is 9.16. The molecule has 0 spiro atoms. The lowest BCUT2D eigenvalue weighted by Crippen LogP contribution is -2.38. The highest BCUT2D eigenvalue weighted by molar-refractivity contribution is 5.95. The Morgan fingerprint density at radius 3 is 2.92 bits per heavy atom. The average Bonchev–Trinajstić information content (AvgIpc) is 3.16. The third-order valence-corrected chi connectivity index (χ3v) is 4.80. The van der Waals surface area contributed by atoms with Crippen molar-refractivity contribution in [1.82, 2.24) is 30.0 Å². The van der Waals surface area contributed by atoms with Gasteiger partial charge in [-0.15, -0.1) is 10.2 Å². The minimum atomic E-state index is -0.299. The van der Waals surface area contributed by atoms with Crippen molar-refractivity contribution in [1.29, 1.82) is 0 Å². The van der Waals surface area contributed by atoms with Gasteiger partial charge >= 0.3 is 0 Å². The SMILES string of the molecule is Cc1ccn(CC2CCCNC2)c(=O)c1C(=O)NCCCn1cnnc1. The molecule has 2 aromatic rings. The molecule has 140 valence electrons. The lowest BCUT2D eigenvalue weighted by atomic mass is 9.99. The number of rotatable bonds is 7. The molecule has 3 rings (SSSR count). The Morgan fingerprint density at radius 2 is 2.19 bits per heavy atom. The summed E-state index contributed by atoms with van der Waals surface area (Å²) in [6.45, 7) is 5.64. The Kier molecular flexibility index (Phi) is 6.17. The van der Waals surface area contributed by atoms with E-state index in [0.717, 1.165) is 38.9 Å². The Bertz CT molecular complexity index is 777. The number of hydrogen-bond acceptors (Lipinski definition) is 5. The van der Waals surface area contributed by atoms with Crippen molar-refractivity contribution < 1.29 is 4.79 Å². The van der Waals surface area contributed by atoms with Gasteiger partial charge in [0.05, 0.1) is 0 Å². The number of aryl methyl sites for hydroxylation is 2. The molecule has 2 N–H and O–H groups in total. The van der Waals surface area contributed by atoms with Crippen LogP contribution in [0.1, 0.15) is 35.2 Å². The maximum Gasteiger partial charge on any atom is 0.263 e. The van der Waals surface area contributed by atoms with Gasteiger partial charge in [-0.3, -0.25) is 9.59 Å².